The molecule has 0 spiro atoms. The highest BCUT2D eigenvalue weighted by molar-refractivity contribution is 7.89. The summed E-state index contributed by atoms with van der Waals surface area (Å²) in [6.07, 6.45) is 0. The average Bonchev–Trinajstić information content (AvgIpc) is 2.68. The Morgan fingerprint density at radius 3 is 2.48 bits per heavy atom. The molecular formula is C19H23N3O4S. The zero-order valence-corrected chi connectivity index (χ0v) is 16.0. The van der Waals surface area contributed by atoms with Crippen LogP contribution in [0.2, 0.25) is 0 Å². The van der Waals surface area contributed by atoms with Crippen molar-refractivity contribution in [3.05, 3.63) is 54.1 Å². The highest BCUT2D eigenvalue weighted by Gasteiger charge is 2.19. The Morgan fingerprint density at radius 1 is 1.07 bits per heavy atom. The van der Waals surface area contributed by atoms with Crippen molar-refractivity contribution >= 4 is 27.3 Å². The second-order valence-electron chi connectivity index (χ2n) is 6.25. The van der Waals surface area contributed by atoms with Gasteiger partial charge in [-0.25, -0.2) is 13.1 Å². The van der Waals surface area contributed by atoms with Crippen LogP contribution in [-0.4, -0.2) is 47.2 Å². The molecule has 1 fully saturated rings. The number of ether oxygens (including phenoxy) is 1. The van der Waals surface area contributed by atoms with E-state index in [1.807, 2.05) is 18.2 Å². The van der Waals surface area contributed by atoms with Gasteiger partial charge >= 0.3 is 0 Å². The first-order chi connectivity index (χ1) is 13.0. The monoisotopic (exact) mass is 389 g/mol. The average molecular weight is 389 g/mol. The van der Waals surface area contributed by atoms with Crippen molar-refractivity contribution in [1.82, 2.24) is 4.72 Å². The van der Waals surface area contributed by atoms with E-state index in [1.54, 1.807) is 31.2 Å². The molecule has 0 bridgehead atoms. The molecule has 2 aromatic rings. The molecule has 1 saturated heterocycles. The van der Waals surface area contributed by atoms with Crippen molar-refractivity contribution < 1.29 is 17.9 Å². The Balaban J connectivity index is 1.66. The predicted molar refractivity (Wildman–Crippen MR) is 104 cm³/mol. The van der Waals surface area contributed by atoms with Crippen LogP contribution in [0.25, 0.3) is 0 Å². The molecule has 27 heavy (non-hydrogen) atoms. The third-order valence-corrected chi connectivity index (χ3v) is 5.90. The number of benzene rings is 2. The largest absolute Gasteiger partial charge is 0.378 e. The third-order valence-electron chi connectivity index (χ3n) is 4.34. The number of sulfonamides is 1. The normalized spacial score (nSPS) is 14.8. The molecule has 1 heterocycles. The van der Waals surface area contributed by atoms with Crippen LogP contribution in [0, 0.1) is 6.92 Å². The van der Waals surface area contributed by atoms with Gasteiger partial charge in [0, 0.05) is 13.1 Å². The summed E-state index contributed by atoms with van der Waals surface area (Å²) in [4.78, 5) is 14.6. The Bertz CT molecular complexity index is 909. The van der Waals surface area contributed by atoms with Crippen LogP contribution in [0.4, 0.5) is 11.4 Å². The molecule has 2 N–H and O–H groups in total. The zero-order valence-electron chi connectivity index (χ0n) is 15.1. The predicted octanol–water partition coefficient (Wildman–Crippen LogP) is 1.75. The van der Waals surface area contributed by atoms with Crippen molar-refractivity contribution in [3.63, 3.8) is 0 Å². The molecule has 144 valence electrons. The number of nitrogens with zero attached hydrogens (tertiary/aromatic N) is 1. The molecular weight excluding hydrogens is 366 g/mol. The standard InChI is InChI=1S/C19H23N3O4S/c1-15-6-2-5-9-18(15)27(24,25)20-14-19(23)21-16-7-3-4-8-17(16)22-10-12-26-13-11-22/h2-9,20H,10-14H2,1H3,(H,21,23). The van der Waals surface area contributed by atoms with Crippen LogP contribution in [-0.2, 0) is 19.6 Å². The molecule has 8 heteroatoms. The van der Waals surface area contributed by atoms with Crippen LogP contribution < -0.4 is 14.9 Å². The molecule has 7 nitrogen and oxygen atoms in total. The van der Waals surface area contributed by atoms with Gasteiger partial charge in [0.05, 0.1) is 36.0 Å². The van der Waals surface area contributed by atoms with Crippen LogP contribution in [0.1, 0.15) is 5.56 Å². The number of amides is 1. The van der Waals surface area contributed by atoms with E-state index in [-0.39, 0.29) is 11.4 Å². The van der Waals surface area contributed by atoms with Gasteiger partial charge < -0.3 is 15.0 Å². The number of para-hydroxylation sites is 2. The van der Waals surface area contributed by atoms with Crippen LogP contribution >= 0.6 is 0 Å². The number of morpholine rings is 1. The van der Waals surface area contributed by atoms with E-state index < -0.39 is 15.9 Å². The van der Waals surface area contributed by atoms with Gasteiger partial charge in [0.15, 0.2) is 0 Å². The number of rotatable bonds is 6. The summed E-state index contributed by atoms with van der Waals surface area (Å²) in [5.74, 6) is -0.423. The molecule has 0 saturated carbocycles. The minimum Gasteiger partial charge on any atom is -0.378 e. The molecule has 1 aliphatic heterocycles. The minimum atomic E-state index is -3.75. The first-order valence-electron chi connectivity index (χ1n) is 8.74. The van der Waals surface area contributed by atoms with E-state index in [9.17, 15) is 13.2 Å². The molecule has 2 aromatic carbocycles. The topological polar surface area (TPSA) is 87.7 Å². The lowest BCUT2D eigenvalue weighted by molar-refractivity contribution is -0.115. The SMILES string of the molecule is Cc1ccccc1S(=O)(=O)NCC(=O)Nc1ccccc1N1CCOCC1. The van der Waals surface area contributed by atoms with E-state index >= 15 is 0 Å². The van der Waals surface area contributed by atoms with E-state index in [0.717, 1.165) is 18.8 Å². The van der Waals surface area contributed by atoms with Gasteiger partial charge in [-0.2, -0.15) is 0 Å². The highest BCUT2D eigenvalue weighted by Crippen LogP contribution is 2.26. The van der Waals surface area contributed by atoms with Gasteiger partial charge in [-0.15, -0.1) is 0 Å². The summed E-state index contributed by atoms with van der Waals surface area (Å²) in [5.41, 5.74) is 2.18. The maximum atomic E-state index is 12.4. The summed E-state index contributed by atoms with van der Waals surface area (Å²) in [7, 11) is -3.75. The number of hydrogen-bond donors (Lipinski definition) is 2. The fraction of sp³-hybridized carbons (Fsp3) is 0.316. The molecule has 0 aliphatic carbocycles. The van der Waals surface area contributed by atoms with E-state index in [0.29, 0.717) is 24.5 Å². The van der Waals surface area contributed by atoms with Crippen LogP contribution in [0.15, 0.2) is 53.4 Å². The molecule has 0 atom stereocenters. The van der Waals surface area contributed by atoms with Crippen molar-refractivity contribution in [2.45, 2.75) is 11.8 Å². The quantitative estimate of drug-likeness (QED) is 0.786. The first kappa shape index (κ1) is 19.3. The second kappa shape index (κ2) is 8.51. The lowest BCUT2D eigenvalue weighted by atomic mass is 10.2. The summed E-state index contributed by atoms with van der Waals surface area (Å²) < 4.78 is 32.5. The van der Waals surface area contributed by atoms with Gasteiger partial charge in [0.25, 0.3) is 0 Å². The number of carbonyl (C=O) groups is 1. The lowest BCUT2D eigenvalue weighted by Gasteiger charge is -2.30. The summed E-state index contributed by atoms with van der Waals surface area (Å²) in [5, 5.41) is 2.80. The van der Waals surface area contributed by atoms with Gasteiger partial charge in [-0.1, -0.05) is 30.3 Å². The lowest BCUT2D eigenvalue weighted by Crippen LogP contribution is -2.37. The summed E-state index contributed by atoms with van der Waals surface area (Å²) in [6.45, 7) is 4.14. The Hall–Kier alpha value is -2.42. The highest BCUT2D eigenvalue weighted by atomic mass is 32.2. The maximum absolute atomic E-state index is 12.4. The number of hydrogen-bond acceptors (Lipinski definition) is 5. The second-order valence-corrected chi connectivity index (χ2v) is 7.99. The van der Waals surface area contributed by atoms with Gasteiger partial charge in [0.1, 0.15) is 0 Å². The number of aryl methyl sites for hydroxylation is 1. The molecule has 1 aliphatic rings. The zero-order chi connectivity index (χ0) is 19.3. The van der Waals surface area contributed by atoms with Crippen LogP contribution in [0.3, 0.4) is 0 Å². The molecule has 0 radical (unpaired) electrons. The molecule has 0 unspecified atom stereocenters. The first-order valence-corrected chi connectivity index (χ1v) is 10.2. The van der Waals surface area contributed by atoms with Crippen LogP contribution in [0.5, 0.6) is 0 Å². The van der Waals surface area contributed by atoms with Gasteiger partial charge in [-0.05, 0) is 30.7 Å². The van der Waals surface area contributed by atoms with E-state index in [2.05, 4.69) is 14.9 Å². The van der Waals surface area contributed by atoms with Crippen molar-refractivity contribution in [3.8, 4) is 0 Å². The fourth-order valence-corrected chi connectivity index (χ4v) is 4.18. The Labute approximate surface area is 159 Å². The third kappa shape index (κ3) is 4.85. The minimum absolute atomic E-state index is 0.173. The van der Waals surface area contributed by atoms with E-state index in [1.165, 1.54) is 6.07 Å². The molecule has 3 rings (SSSR count). The Morgan fingerprint density at radius 2 is 1.74 bits per heavy atom. The van der Waals surface area contributed by atoms with Gasteiger partial charge in [-0.3, -0.25) is 4.79 Å². The summed E-state index contributed by atoms with van der Waals surface area (Å²) >= 11 is 0. The van der Waals surface area contributed by atoms with Crippen molar-refractivity contribution in [1.29, 1.82) is 0 Å². The summed E-state index contributed by atoms with van der Waals surface area (Å²) in [6, 6.07) is 14.1. The molecule has 1 amide bonds. The Kier molecular flexibility index (Phi) is 6.10. The number of nitrogens with one attached hydrogen (secondary N) is 2. The van der Waals surface area contributed by atoms with Gasteiger partial charge in [0.2, 0.25) is 15.9 Å². The van der Waals surface area contributed by atoms with Crippen molar-refractivity contribution in [2.24, 2.45) is 0 Å². The molecule has 0 aromatic heterocycles. The smallest absolute Gasteiger partial charge is 0.241 e. The maximum Gasteiger partial charge on any atom is 0.241 e. The number of anilines is 2. The van der Waals surface area contributed by atoms with E-state index in [4.69, 9.17) is 4.74 Å². The fourth-order valence-electron chi connectivity index (χ4n) is 2.95. The number of carbonyl (C=O) groups excluding carboxylic acids is 1. The van der Waals surface area contributed by atoms with Crippen molar-refractivity contribution in [2.75, 3.05) is 43.1 Å².